The van der Waals surface area contributed by atoms with Gasteiger partial charge in [0, 0.05) is 36.6 Å². The fraction of sp³-hybridized carbons (Fsp3) is 0.438. The van der Waals surface area contributed by atoms with Crippen molar-refractivity contribution in [2.75, 3.05) is 26.2 Å². The highest BCUT2D eigenvalue weighted by Gasteiger charge is 2.18. The van der Waals surface area contributed by atoms with Crippen LogP contribution in [0.5, 0.6) is 5.75 Å². The van der Waals surface area contributed by atoms with E-state index in [0.717, 1.165) is 65.7 Å². The van der Waals surface area contributed by atoms with Gasteiger partial charge in [-0.2, -0.15) is 0 Å². The van der Waals surface area contributed by atoms with Crippen molar-refractivity contribution in [2.24, 2.45) is 0 Å². The van der Waals surface area contributed by atoms with Gasteiger partial charge in [0.2, 0.25) is 0 Å². The molecule has 0 amide bonds. The molecule has 6 heteroatoms. The molecule has 38 heavy (non-hydrogen) atoms. The summed E-state index contributed by atoms with van der Waals surface area (Å²) in [5.41, 5.74) is 6.66. The Bertz CT molecular complexity index is 1290. The van der Waals surface area contributed by atoms with Gasteiger partial charge >= 0.3 is 0 Å². The van der Waals surface area contributed by atoms with Crippen molar-refractivity contribution in [3.8, 4) is 16.9 Å². The third kappa shape index (κ3) is 7.42. The van der Waals surface area contributed by atoms with Gasteiger partial charge in [0.15, 0.2) is 0 Å². The van der Waals surface area contributed by atoms with Crippen LogP contribution < -0.4 is 4.74 Å². The third-order valence-corrected chi connectivity index (χ3v) is 6.96. The number of hydrogen-bond acceptors (Lipinski definition) is 5. The molecule has 6 nitrogen and oxygen atoms in total. The minimum Gasteiger partial charge on any atom is -0.490 e. The molecule has 1 aliphatic heterocycles. The van der Waals surface area contributed by atoms with E-state index in [9.17, 15) is 5.11 Å². The molecule has 0 radical (unpaired) electrons. The predicted octanol–water partition coefficient (Wildman–Crippen LogP) is 6.85. The molecule has 0 saturated carbocycles. The average Bonchev–Trinajstić information content (AvgIpc) is 3.31. The third-order valence-electron chi connectivity index (χ3n) is 6.96. The Morgan fingerprint density at radius 3 is 2.45 bits per heavy atom. The number of aromatic nitrogens is 2. The second-order valence-corrected chi connectivity index (χ2v) is 10.0. The Kier molecular flexibility index (Phi) is 11.3. The smallest absolute Gasteiger partial charge is 0.143 e. The number of aromatic amines is 1. The molecule has 204 valence electrons. The molecular weight excluding hydrogens is 474 g/mol. The lowest BCUT2D eigenvalue weighted by Gasteiger charge is -2.29. The summed E-state index contributed by atoms with van der Waals surface area (Å²) < 4.78 is 6.26. The second kappa shape index (κ2) is 14.6. The summed E-state index contributed by atoms with van der Waals surface area (Å²) in [5.74, 6) is 0.860. The van der Waals surface area contributed by atoms with Gasteiger partial charge in [0.25, 0.3) is 0 Å². The van der Waals surface area contributed by atoms with Crippen LogP contribution in [0.4, 0.5) is 0 Å². The number of aryl methyl sites for hydroxylation is 2. The summed E-state index contributed by atoms with van der Waals surface area (Å²) in [6.45, 7) is 14.0. The summed E-state index contributed by atoms with van der Waals surface area (Å²) in [6.07, 6.45) is 7.53. The van der Waals surface area contributed by atoms with Crippen molar-refractivity contribution in [1.29, 1.82) is 0 Å². The average molecular weight is 518 g/mol. The number of benzene rings is 2. The van der Waals surface area contributed by atoms with E-state index in [1.54, 1.807) is 0 Å². The minimum atomic E-state index is -0.145. The van der Waals surface area contributed by atoms with Crippen LogP contribution in [0.25, 0.3) is 33.1 Å². The van der Waals surface area contributed by atoms with Crippen LogP contribution in [0.15, 0.2) is 48.7 Å². The van der Waals surface area contributed by atoms with Gasteiger partial charge in [0.1, 0.15) is 24.8 Å². The Balaban J connectivity index is 0.000000515. The molecule has 3 heterocycles. The zero-order chi connectivity index (χ0) is 27.5. The number of aliphatic hydroxyl groups excluding tert-OH is 1. The fourth-order valence-electron chi connectivity index (χ4n) is 4.92. The molecule has 2 aromatic carbocycles. The Morgan fingerprint density at radius 2 is 1.79 bits per heavy atom. The lowest BCUT2D eigenvalue weighted by Crippen LogP contribution is -2.38. The monoisotopic (exact) mass is 517 g/mol. The molecule has 0 aliphatic carbocycles. The highest BCUT2D eigenvalue weighted by molar-refractivity contribution is 6.15. The number of piperidine rings is 1. The van der Waals surface area contributed by atoms with Gasteiger partial charge in [-0.3, -0.25) is 4.90 Å². The molecule has 2 N–H and O–H groups in total. The fourth-order valence-corrected chi connectivity index (χ4v) is 4.92. The van der Waals surface area contributed by atoms with Crippen LogP contribution in [0.2, 0.25) is 0 Å². The molecule has 4 aromatic rings. The van der Waals surface area contributed by atoms with E-state index in [2.05, 4.69) is 85.0 Å². The number of unbranched alkanes of at least 4 members (excludes halogenated alkanes) is 2. The first-order valence-corrected chi connectivity index (χ1v) is 13.8. The van der Waals surface area contributed by atoms with E-state index < -0.39 is 0 Å². The Hall–Kier alpha value is -3.22. The molecule has 0 atom stereocenters. The zero-order valence-corrected chi connectivity index (χ0v) is 23.4. The molecule has 2 aromatic heterocycles. The van der Waals surface area contributed by atoms with Crippen LogP contribution in [0.3, 0.4) is 0 Å². The number of carbonyl (C=O) groups excluding carboxylic acids is 1. The van der Waals surface area contributed by atoms with Gasteiger partial charge in [-0.15, -0.1) is 0 Å². The second-order valence-electron chi connectivity index (χ2n) is 10.0. The number of nitrogens with zero attached hydrogens (tertiary/aromatic N) is 2. The minimum absolute atomic E-state index is 0.145. The maximum atomic E-state index is 9.71. The zero-order valence-electron chi connectivity index (χ0n) is 23.4. The van der Waals surface area contributed by atoms with Crippen LogP contribution in [-0.4, -0.2) is 59.1 Å². The molecule has 0 bridgehead atoms. The maximum Gasteiger partial charge on any atom is 0.143 e. The summed E-state index contributed by atoms with van der Waals surface area (Å²) >= 11 is 0. The predicted molar refractivity (Wildman–Crippen MR) is 158 cm³/mol. The molecule has 0 spiro atoms. The number of aliphatic hydroxyl groups is 1. The van der Waals surface area contributed by atoms with E-state index in [4.69, 9.17) is 9.53 Å². The Labute approximate surface area is 227 Å². The highest BCUT2D eigenvalue weighted by Crippen LogP contribution is 2.39. The first-order chi connectivity index (χ1) is 18.5. The number of carbonyl (C=O) groups is 1. The molecule has 1 saturated heterocycles. The molecule has 5 rings (SSSR count). The lowest BCUT2D eigenvalue weighted by molar-refractivity contribution is -0.0980. The molecule has 1 fully saturated rings. The van der Waals surface area contributed by atoms with Crippen LogP contribution in [0, 0.1) is 13.8 Å². The first kappa shape index (κ1) is 29.3. The number of pyridine rings is 1. The number of hydrogen-bond donors (Lipinski definition) is 2. The lowest BCUT2D eigenvalue weighted by atomic mass is 9.98. The number of rotatable bonds is 7. The highest BCUT2D eigenvalue weighted by atomic mass is 16.5. The van der Waals surface area contributed by atoms with Crippen molar-refractivity contribution in [1.82, 2.24) is 14.9 Å². The van der Waals surface area contributed by atoms with E-state index in [0.29, 0.717) is 6.61 Å². The number of H-pyrrole nitrogens is 1. The number of ether oxygens (including phenoxy) is 1. The van der Waals surface area contributed by atoms with Crippen molar-refractivity contribution < 1.29 is 14.6 Å². The van der Waals surface area contributed by atoms with Crippen molar-refractivity contribution in [2.45, 2.75) is 65.9 Å². The standard InChI is InChI=1S/C26H29N3O2.C5H12.CH2O/c1-17-4-3-5-19(14-17)21-6-7-23(31-13-12-29-10-8-20(30)9-11-29)25-24(21)22-15-18(2)16-27-26(22)28-25;1-3-5-4-2;1-2/h3-7,14-16,20,30H,8-13H2,1-2H3,(H,27,28);3-5H2,1-2H3;1H2. The number of likely N-dealkylation sites (tertiary alicyclic amines) is 1. The maximum absolute atomic E-state index is 9.71. The van der Waals surface area contributed by atoms with Gasteiger partial charge in [-0.05, 0) is 61.6 Å². The number of nitrogens with one attached hydrogen (secondary N) is 1. The summed E-state index contributed by atoms with van der Waals surface area (Å²) in [7, 11) is 0. The van der Waals surface area contributed by atoms with Gasteiger partial charge in [-0.1, -0.05) is 62.9 Å². The van der Waals surface area contributed by atoms with Crippen molar-refractivity contribution in [3.05, 3.63) is 59.8 Å². The van der Waals surface area contributed by atoms with Gasteiger partial charge in [-0.25, -0.2) is 4.98 Å². The van der Waals surface area contributed by atoms with E-state index in [-0.39, 0.29) is 6.10 Å². The quantitative estimate of drug-likeness (QED) is 0.280. The SMILES string of the molecule is C=O.CCCCC.Cc1cccc(-c2ccc(OCCN3CCC(O)CC3)c3[nH]c4ncc(C)cc4c23)c1. The normalized spacial score (nSPS) is 14.0. The van der Waals surface area contributed by atoms with E-state index in [1.165, 1.54) is 36.0 Å². The first-order valence-electron chi connectivity index (χ1n) is 13.8. The largest absolute Gasteiger partial charge is 0.490 e. The Morgan fingerprint density at radius 1 is 1.05 bits per heavy atom. The molecular formula is C32H43N3O3. The van der Waals surface area contributed by atoms with Crippen LogP contribution >= 0.6 is 0 Å². The van der Waals surface area contributed by atoms with Crippen LogP contribution in [-0.2, 0) is 4.79 Å². The summed E-state index contributed by atoms with van der Waals surface area (Å²) in [5, 5.41) is 12.0. The van der Waals surface area contributed by atoms with E-state index >= 15 is 0 Å². The molecule has 1 aliphatic rings. The molecule has 0 unspecified atom stereocenters. The van der Waals surface area contributed by atoms with Crippen LogP contribution in [0.1, 0.15) is 57.1 Å². The van der Waals surface area contributed by atoms with Gasteiger partial charge in [0.05, 0.1) is 11.6 Å². The van der Waals surface area contributed by atoms with Gasteiger partial charge < -0.3 is 19.6 Å². The van der Waals surface area contributed by atoms with E-state index in [1.807, 2.05) is 13.0 Å². The summed E-state index contributed by atoms with van der Waals surface area (Å²) in [4.78, 5) is 18.5. The van der Waals surface area contributed by atoms with Crippen molar-refractivity contribution in [3.63, 3.8) is 0 Å². The summed E-state index contributed by atoms with van der Waals surface area (Å²) in [6, 6.07) is 15.1. The number of fused-ring (bicyclic) bond motifs is 3. The van der Waals surface area contributed by atoms with Crippen molar-refractivity contribution >= 4 is 28.7 Å². The topological polar surface area (TPSA) is 78.5 Å².